The highest BCUT2D eigenvalue weighted by molar-refractivity contribution is 6.31. The monoisotopic (exact) mass is 250 g/mol. The molecule has 0 aliphatic carbocycles. The highest BCUT2D eigenvalue weighted by Crippen LogP contribution is 2.21. The van der Waals surface area contributed by atoms with Gasteiger partial charge in [-0.25, -0.2) is 9.67 Å². The second kappa shape index (κ2) is 5.29. The van der Waals surface area contributed by atoms with Crippen LogP contribution in [-0.4, -0.2) is 20.8 Å². The van der Waals surface area contributed by atoms with Crippen LogP contribution in [0.25, 0.3) is 5.69 Å². The Morgan fingerprint density at radius 1 is 1.47 bits per heavy atom. The van der Waals surface area contributed by atoms with Crippen molar-refractivity contribution in [3.63, 3.8) is 0 Å². The summed E-state index contributed by atoms with van der Waals surface area (Å²) in [6, 6.07) is 6.01. The summed E-state index contributed by atoms with van der Waals surface area (Å²) in [6.07, 6.45) is 4.88. The first-order chi connectivity index (χ1) is 8.20. The second-order valence-corrected chi connectivity index (χ2v) is 4.40. The molecule has 90 valence electrons. The van der Waals surface area contributed by atoms with E-state index in [0.717, 1.165) is 29.1 Å². The van der Waals surface area contributed by atoms with Crippen LogP contribution in [0.1, 0.15) is 18.9 Å². The summed E-state index contributed by atoms with van der Waals surface area (Å²) < 4.78 is 1.68. The fourth-order valence-corrected chi connectivity index (χ4v) is 1.86. The Kier molecular flexibility index (Phi) is 3.76. The molecule has 5 heteroatoms. The topological polar surface area (TPSA) is 56.7 Å². The number of aromatic nitrogens is 3. The molecule has 2 aromatic rings. The van der Waals surface area contributed by atoms with Crippen LogP contribution in [0.2, 0.25) is 5.02 Å². The smallest absolute Gasteiger partial charge is 0.138 e. The van der Waals surface area contributed by atoms with Crippen molar-refractivity contribution < 1.29 is 0 Å². The number of rotatable bonds is 4. The van der Waals surface area contributed by atoms with E-state index in [9.17, 15) is 0 Å². The van der Waals surface area contributed by atoms with Gasteiger partial charge in [0, 0.05) is 11.1 Å². The van der Waals surface area contributed by atoms with E-state index in [2.05, 4.69) is 17.0 Å². The van der Waals surface area contributed by atoms with E-state index >= 15 is 0 Å². The lowest BCUT2D eigenvalue weighted by molar-refractivity contribution is 0.646. The number of halogens is 1. The van der Waals surface area contributed by atoms with Gasteiger partial charge in [0.2, 0.25) is 0 Å². The predicted octanol–water partition coefficient (Wildman–Crippen LogP) is 2.20. The highest BCUT2D eigenvalue weighted by Gasteiger charge is 2.07. The van der Waals surface area contributed by atoms with Crippen molar-refractivity contribution in [2.45, 2.75) is 25.8 Å². The Balaban J connectivity index is 2.23. The van der Waals surface area contributed by atoms with Crippen molar-refractivity contribution in [1.82, 2.24) is 14.8 Å². The van der Waals surface area contributed by atoms with Crippen LogP contribution >= 0.6 is 11.6 Å². The van der Waals surface area contributed by atoms with Gasteiger partial charge >= 0.3 is 0 Å². The summed E-state index contributed by atoms with van der Waals surface area (Å²) in [5, 5.41) is 4.78. The molecule has 0 saturated carbocycles. The van der Waals surface area contributed by atoms with E-state index in [1.54, 1.807) is 11.0 Å². The third-order valence-corrected chi connectivity index (χ3v) is 3.08. The molecular formula is C12H15ClN4. The average molecular weight is 251 g/mol. The van der Waals surface area contributed by atoms with Crippen LogP contribution in [0.15, 0.2) is 30.9 Å². The zero-order chi connectivity index (χ0) is 12.3. The van der Waals surface area contributed by atoms with E-state index in [1.807, 2.05) is 18.2 Å². The normalized spacial score (nSPS) is 12.6. The van der Waals surface area contributed by atoms with Gasteiger partial charge in [0.15, 0.2) is 0 Å². The summed E-state index contributed by atoms with van der Waals surface area (Å²) in [6.45, 7) is 2.07. The van der Waals surface area contributed by atoms with Crippen LogP contribution in [0.4, 0.5) is 0 Å². The van der Waals surface area contributed by atoms with Gasteiger partial charge in [-0.1, -0.05) is 24.6 Å². The fraction of sp³-hybridized carbons (Fsp3) is 0.333. The highest BCUT2D eigenvalue weighted by atomic mass is 35.5. The first-order valence-electron chi connectivity index (χ1n) is 5.59. The maximum absolute atomic E-state index is 6.23. The number of nitrogens with two attached hydrogens (primary N) is 1. The van der Waals surface area contributed by atoms with E-state index < -0.39 is 0 Å². The standard InChI is InChI=1S/C12H15ClN4/c1-2-10(14)5-9-3-4-11(6-12(9)13)17-8-15-7-16-17/h3-4,6-8,10H,2,5,14H2,1H3. The van der Waals surface area contributed by atoms with Crippen LogP contribution in [-0.2, 0) is 6.42 Å². The number of hydrogen-bond acceptors (Lipinski definition) is 3. The summed E-state index contributed by atoms with van der Waals surface area (Å²) >= 11 is 6.23. The summed E-state index contributed by atoms with van der Waals surface area (Å²) in [5.74, 6) is 0. The number of nitrogens with zero attached hydrogens (tertiary/aromatic N) is 3. The Bertz CT molecular complexity index is 481. The molecule has 0 radical (unpaired) electrons. The molecule has 0 aliphatic rings. The maximum Gasteiger partial charge on any atom is 0.138 e. The minimum Gasteiger partial charge on any atom is -0.327 e. The number of hydrogen-bond donors (Lipinski definition) is 1. The predicted molar refractivity (Wildman–Crippen MR) is 68.3 cm³/mol. The molecule has 0 bridgehead atoms. The van der Waals surface area contributed by atoms with E-state index in [1.165, 1.54) is 6.33 Å². The van der Waals surface area contributed by atoms with E-state index in [-0.39, 0.29) is 6.04 Å². The van der Waals surface area contributed by atoms with Crippen LogP contribution in [0, 0.1) is 0 Å². The van der Waals surface area contributed by atoms with Crippen LogP contribution < -0.4 is 5.73 Å². The molecule has 2 rings (SSSR count). The third-order valence-electron chi connectivity index (χ3n) is 2.73. The number of benzene rings is 1. The molecule has 1 heterocycles. The zero-order valence-corrected chi connectivity index (χ0v) is 10.4. The first kappa shape index (κ1) is 12.1. The Morgan fingerprint density at radius 3 is 2.88 bits per heavy atom. The van der Waals surface area contributed by atoms with Gasteiger partial charge in [0.25, 0.3) is 0 Å². The molecule has 1 unspecified atom stereocenters. The van der Waals surface area contributed by atoms with Crippen molar-refractivity contribution in [3.05, 3.63) is 41.4 Å². The van der Waals surface area contributed by atoms with Gasteiger partial charge in [0.1, 0.15) is 12.7 Å². The molecular weight excluding hydrogens is 236 g/mol. The lowest BCUT2D eigenvalue weighted by atomic mass is 10.0. The fourth-order valence-electron chi connectivity index (χ4n) is 1.61. The molecule has 2 N–H and O–H groups in total. The molecule has 0 spiro atoms. The van der Waals surface area contributed by atoms with Gasteiger partial charge in [-0.3, -0.25) is 0 Å². The minimum atomic E-state index is 0.157. The minimum absolute atomic E-state index is 0.157. The molecule has 1 atom stereocenters. The van der Waals surface area contributed by atoms with Crippen molar-refractivity contribution in [2.75, 3.05) is 0 Å². The van der Waals surface area contributed by atoms with Crippen LogP contribution in [0.5, 0.6) is 0 Å². The van der Waals surface area contributed by atoms with Crippen molar-refractivity contribution in [1.29, 1.82) is 0 Å². The summed E-state index contributed by atoms with van der Waals surface area (Å²) in [7, 11) is 0. The van der Waals surface area contributed by atoms with Gasteiger partial charge in [0.05, 0.1) is 5.69 Å². The van der Waals surface area contributed by atoms with Gasteiger partial charge < -0.3 is 5.73 Å². The lowest BCUT2D eigenvalue weighted by Crippen LogP contribution is -2.21. The lowest BCUT2D eigenvalue weighted by Gasteiger charge is -2.11. The van der Waals surface area contributed by atoms with Gasteiger partial charge in [-0.2, -0.15) is 5.10 Å². The Labute approximate surface area is 105 Å². The average Bonchev–Trinajstić information content (AvgIpc) is 2.85. The quantitative estimate of drug-likeness (QED) is 0.905. The van der Waals surface area contributed by atoms with E-state index in [4.69, 9.17) is 17.3 Å². The molecule has 1 aromatic heterocycles. The Morgan fingerprint density at radius 2 is 2.29 bits per heavy atom. The van der Waals surface area contributed by atoms with Crippen molar-refractivity contribution in [2.24, 2.45) is 5.73 Å². The summed E-state index contributed by atoms with van der Waals surface area (Å²) in [4.78, 5) is 3.90. The zero-order valence-electron chi connectivity index (χ0n) is 9.68. The molecule has 0 amide bonds. The largest absolute Gasteiger partial charge is 0.327 e. The molecule has 17 heavy (non-hydrogen) atoms. The molecule has 1 aromatic carbocycles. The molecule has 0 saturated heterocycles. The van der Waals surface area contributed by atoms with E-state index in [0.29, 0.717) is 0 Å². The molecule has 0 fully saturated rings. The van der Waals surface area contributed by atoms with Gasteiger partial charge in [-0.15, -0.1) is 0 Å². The maximum atomic E-state index is 6.23. The van der Waals surface area contributed by atoms with Crippen LogP contribution in [0.3, 0.4) is 0 Å². The first-order valence-corrected chi connectivity index (χ1v) is 5.97. The molecule has 0 aliphatic heterocycles. The Hall–Kier alpha value is -1.39. The molecule has 4 nitrogen and oxygen atoms in total. The van der Waals surface area contributed by atoms with Crippen molar-refractivity contribution in [3.8, 4) is 5.69 Å². The second-order valence-electron chi connectivity index (χ2n) is 3.99. The third kappa shape index (κ3) is 2.84. The SMILES string of the molecule is CCC(N)Cc1ccc(-n2cncn2)cc1Cl. The van der Waals surface area contributed by atoms with Crippen molar-refractivity contribution >= 4 is 11.6 Å². The summed E-state index contributed by atoms with van der Waals surface area (Å²) in [5.41, 5.74) is 7.90. The van der Waals surface area contributed by atoms with Gasteiger partial charge in [-0.05, 0) is 30.5 Å².